The number of aromatic nitrogens is 2. The van der Waals surface area contributed by atoms with Crippen LogP contribution in [0.1, 0.15) is 35.8 Å². The minimum Gasteiger partial charge on any atom is -0.383 e. The number of nitrogens with zero attached hydrogens (tertiary/aromatic N) is 3. The number of likely N-dealkylation sites (N-methyl/N-ethyl adjacent to an activating group) is 1. The first-order chi connectivity index (χ1) is 11.3. The van der Waals surface area contributed by atoms with Gasteiger partial charge in [0.15, 0.2) is 5.82 Å². The number of rotatable bonds is 7. The SMILES string of the molecule is CCc1nc(CN(C)C(COC)c2cccc(C(F)(F)F)c2)no1. The topological polar surface area (TPSA) is 51.4 Å². The van der Waals surface area contributed by atoms with Gasteiger partial charge in [-0.05, 0) is 24.7 Å². The Balaban J connectivity index is 2.21. The molecule has 1 aromatic heterocycles. The maximum atomic E-state index is 12.9. The fraction of sp³-hybridized carbons (Fsp3) is 0.500. The van der Waals surface area contributed by atoms with Gasteiger partial charge < -0.3 is 9.26 Å². The molecule has 0 aliphatic rings. The van der Waals surface area contributed by atoms with Crippen LogP contribution in [-0.2, 0) is 23.9 Å². The Kier molecular flexibility index (Phi) is 5.95. The molecule has 1 aromatic carbocycles. The Morgan fingerprint density at radius 2 is 2.08 bits per heavy atom. The molecule has 24 heavy (non-hydrogen) atoms. The Bertz CT molecular complexity index is 658. The number of alkyl halides is 3. The number of aryl methyl sites for hydroxylation is 1. The summed E-state index contributed by atoms with van der Waals surface area (Å²) in [5, 5.41) is 3.87. The maximum absolute atomic E-state index is 12.9. The van der Waals surface area contributed by atoms with E-state index in [4.69, 9.17) is 9.26 Å². The summed E-state index contributed by atoms with van der Waals surface area (Å²) in [6.45, 7) is 2.49. The summed E-state index contributed by atoms with van der Waals surface area (Å²) < 4.78 is 49.0. The number of hydrogen-bond acceptors (Lipinski definition) is 5. The number of halogens is 3. The summed E-state index contributed by atoms with van der Waals surface area (Å²) >= 11 is 0. The Morgan fingerprint density at radius 3 is 2.67 bits per heavy atom. The molecule has 0 bridgehead atoms. The molecule has 0 fully saturated rings. The van der Waals surface area contributed by atoms with E-state index in [0.29, 0.717) is 30.2 Å². The van der Waals surface area contributed by atoms with Gasteiger partial charge in [0.1, 0.15) is 0 Å². The van der Waals surface area contributed by atoms with E-state index >= 15 is 0 Å². The van der Waals surface area contributed by atoms with Crippen LogP contribution in [-0.4, -0.2) is 35.8 Å². The van der Waals surface area contributed by atoms with Crippen molar-refractivity contribution in [1.82, 2.24) is 15.0 Å². The molecule has 0 radical (unpaired) electrons. The average molecular weight is 343 g/mol. The third kappa shape index (κ3) is 4.55. The zero-order valence-electron chi connectivity index (χ0n) is 13.8. The largest absolute Gasteiger partial charge is 0.416 e. The molecule has 8 heteroatoms. The summed E-state index contributed by atoms with van der Waals surface area (Å²) in [6.07, 6.45) is -3.75. The van der Waals surface area contributed by atoms with E-state index in [0.717, 1.165) is 12.1 Å². The second-order valence-electron chi connectivity index (χ2n) is 5.47. The Morgan fingerprint density at radius 1 is 1.33 bits per heavy atom. The molecular weight excluding hydrogens is 323 g/mol. The summed E-state index contributed by atoms with van der Waals surface area (Å²) in [6, 6.07) is 4.90. The molecule has 0 saturated carbocycles. The van der Waals surface area contributed by atoms with Crippen molar-refractivity contribution in [2.75, 3.05) is 20.8 Å². The van der Waals surface area contributed by atoms with Crippen LogP contribution in [0.15, 0.2) is 28.8 Å². The predicted octanol–water partition coefficient (Wildman–Crippen LogP) is 3.47. The first-order valence-corrected chi connectivity index (χ1v) is 7.53. The first-order valence-electron chi connectivity index (χ1n) is 7.53. The van der Waals surface area contributed by atoms with Gasteiger partial charge in [-0.2, -0.15) is 18.2 Å². The molecule has 0 spiro atoms. The van der Waals surface area contributed by atoms with Crippen LogP contribution in [0.25, 0.3) is 0 Å². The van der Waals surface area contributed by atoms with E-state index in [-0.39, 0.29) is 12.6 Å². The fourth-order valence-electron chi connectivity index (χ4n) is 2.39. The van der Waals surface area contributed by atoms with Gasteiger partial charge in [-0.15, -0.1) is 0 Å². The molecule has 1 unspecified atom stereocenters. The van der Waals surface area contributed by atoms with E-state index in [1.165, 1.54) is 13.2 Å². The quantitative estimate of drug-likeness (QED) is 0.770. The van der Waals surface area contributed by atoms with Gasteiger partial charge >= 0.3 is 6.18 Å². The molecule has 132 valence electrons. The zero-order chi connectivity index (χ0) is 17.7. The smallest absolute Gasteiger partial charge is 0.383 e. The average Bonchev–Trinajstić information content (AvgIpc) is 2.99. The van der Waals surface area contributed by atoms with E-state index in [1.807, 2.05) is 11.8 Å². The molecule has 1 heterocycles. The number of methoxy groups -OCH3 is 1. The lowest BCUT2D eigenvalue weighted by atomic mass is 10.0. The fourth-order valence-corrected chi connectivity index (χ4v) is 2.39. The molecule has 2 rings (SSSR count). The summed E-state index contributed by atoms with van der Waals surface area (Å²) in [5.74, 6) is 1.02. The third-order valence-corrected chi connectivity index (χ3v) is 3.66. The van der Waals surface area contributed by atoms with E-state index < -0.39 is 11.7 Å². The van der Waals surface area contributed by atoms with Crippen molar-refractivity contribution in [2.24, 2.45) is 0 Å². The highest BCUT2D eigenvalue weighted by molar-refractivity contribution is 5.28. The summed E-state index contributed by atoms with van der Waals surface area (Å²) in [7, 11) is 3.30. The zero-order valence-corrected chi connectivity index (χ0v) is 13.8. The predicted molar refractivity (Wildman–Crippen MR) is 81.2 cm³/mol. The van der Waals surface area contributed by atoms with Crippen LogP contribution in [0.2, 0.25) is 0 Å². The van der Waals surface area contributed by atoms with Crippen molar-refractivity contribution in [3.8, 4) is 0 Å². The van der Waals surface area contributed by atoms with Crippen molar-refractivity contribution in [3.05, 3.63) is 47.1 Å². The monoisotopic (exact) mass is 343 g/mol. The summed E-state index contributed by atoms with van der Waals surface area (Å²) in [4.78, 5) is 6.06. The highest BCUT2D eigenvalue weighted by Gasteiger charge is 2.31. The second kappa shape index (κ2) is 7.76. The molecule has 1 atom stereocenters. The number of benzene rings is 1. The minimum absolute atomic E-state index is 0.246. The van der Waals surface area contributed by atoms with Gasteiger partial charge in [0.25, 0.3) is 0 Å². The molecule has 2 aromatic rings. The minimum atomic E-state index is -4.38. The van der Waals surface area contributed by atoms with Gasteiger partial charge in [-0.1, -0.05) is 24.2 Å². The van der Waals surface area contributed by atoms with Gasteiger partial charge in [0.05, 0.1) is 24.8 Å². The highest BCUT2D eigenvalue weighted by Crippen LogP contribution is 2.32. The second-order valence-corrected chi connectivity index (χ2v) is 5.47. The van der Waals surface area contributed by atoms with Gasteiger partial charge in [0, 0.05) is 13.5 Å². The third-order valence-electron chi connectivity index (χ3n) is 3.66. The lowest BCUT2D eigenvalue weighted by Crippen LogP contribution is -2.28. The summed E-state index contributed by atoms with van der Waals surface area (Å²) in [5.41, 5.74) is -0.157. The van der Waals surface area contributed by atoms with Crippen LogP contribution in [0.3, 0.4) is 0 Å². The molecule has 0 aliphatic carbocycles. The van der Waals surface area contributed by atoms with E-state index in [1.54, 1.807) is 13.1 Å². The van der Waals surface area contributed by atoms with Gasteiger partial charge in [-0.3, -0.25) is 4.90 Å². The molecular formula is C16H20F3N3O2. The molecule has 0 N–H and O–H groups in total. The normalized spacial score (nSPS) is 13.5. The first kappa shape index (κ1) is 18.4. The van der Waals surface area contributed by atoms with Crippen molar-refractivity contribution >= 4 is 0 Å². The molecule has 5 nitrogen and oxygen atoms in total. The van der Waals surface area contributed by atoms with Gasteiger partial charge in [0.2, 0.25) is 5.89 Å². The van der Waals surface area contributed by atoms with Crippen LogP contribution >= 0.6 is 0 Å². The van der Waals surface area contributed by atoms with Crippen LogP contribution < -0.4 is 0 Å². The lowest BCUT2D eigenvalue weighted by molar-refractivity contribution is -0.137. The molecule has 0 aliphatic heterocycles. The van der Waals surface area contributed by atoms with Crippen LogP contribution in [0.5, 0.6) is 0 Å². The Labute approximate surface area is 138 Å². The molecule has 0 saturated heterocycles. The van der Waals surface area contributed by atoms with Crippen LogP contribution in [0, 0.1) is 0 Å². The number of ether oxygens (including phenoxy) is 1. The maximum Gasteiger partial charge on any atom is 0.416 e. The number of hydrogen-bond donors (Lipinski definition) is 0. The Hall–Kier alpha value is -1.93. The van der Waals surface area contributed by atoms with Crippen molar-refractivity contribution in [3.63, 3.8) is 0 Å². The standard InChI is InChI=1S/C16H20F3N3O2/c1-4-15-20-14(21-24-15)9-22(2)13(10-23-3)11-6-5-7-12(8-11)16(17,18)19/h5-8,13H,4,9-10H2,1-3H3. The van der Waals surface area contributed by atoms with Crippen molar-refractivity contribution in [1.29, 1.82) is 0 Å². The van der Waals surface area contributed by atoms with E-state index in [2.05, 4.69) is 10.1 Å². The highest BCUT2D eigenvalue weighted by atomic mass is 19.4. The molecule has 0 amide bonds. The van der Waals surface area contributed by atoms with Crippen molar-refractivity contribution in [2.45, 2.75) is 32.1 Å². The van der Waals surface area contributed by atoms with E-state index in [9.17, 15) is 13.2 Å². The van der Waals surface area contributed by atoms with Crippen molar-refractivity contribution < 1.29 is 22.4 Å². The van der Waals surface area contributed by atoms with Crippen LogP contribution in [0.4, 0.5) is 13.2 Å². The van der Waals surface area contributed by atoms with Gasteiger partial charge in [-0.25, -0.2) is 0 Å². The lowest BCUT2D eigenvalue weighted by Gasteiger charge is -2.27.